The fourth-order valence-corrected chi connectivity index (χ4v) is 9.04. The third-order valence-corrected chi connectivity index (χ3v) is 11.3. The Hall–Kier alpha value is -3.56. The van der Waals surface area contributed by atoms with Gasteiger partial charge in [-0.1, -0.05) is 68.9 Å². The van der Waals surface area contributed by atoms with Crippen molar-refractivity contribution in [2.24, 2.45) is 11.1 Å². The Morgan fingerprint density at radius 2 is 1.70 bits per heavy atom. The molecule has 1 fully saturated rings. The molecule has 2 aliphatic rings. The molecule has 0 aliphatic carbocycles. The standard InChI is InChI=1S/C29H23BrN4O6S3/c1-15-5-9-19(10-6-15)34-26(36)23-22(16-3-2-4-17(30)13-16)25-28(41-24(23)27(34)37)33(29(38)42-25)14-21(35)32-18-7-11-20(12-8-18)43(31,39)40/h2-13,22-24H,14H2,1H3,(H,32,35)(H2,31,39,40)/t22-,23-,24+/m0/s1. The van der Waals surface area contributed by atoms with Gasteiger partial charge in [0.2, 0.25) is 27.7 Å². The van der Waals surface area contributed by atoms with E-state index in [1.165, 1.54) is 33.7 Å². The van der Waals surface area contributed by atoms with E-state index in [1.807, 2.05) is 43.3 Å². The minimum atomic E-state index is -3.89. The molecule has 1 aromatic heterocycles. The molecule has 0 unspecified atom stereocenters. The molecule has 6 rings (SSSR count). The normalized spacial score (nSPS) is 19.7. The number of primary sulfonamides is 1. The molecule has 0 saturated carbocycles. The Morgan fingerprint density at radius 1 is 1.00 bits per heavy atom. The highest BCUT2D eigenvalue weighted by Crippen LogP contribution is 2.54. The number of nitrogens with two attached hydrogens (primary N) is 1. The molecule has 4 aromatic rings. The number of hydrogen-bond donors (Lipinski definition) is 2. The number of hydrogen-bond acceptors (Lipinski definition) is 8. The lowest BCUT2D eigenvalue weighted by molar-refractivity contribution is -0.122. The zero-order valence-electron chi connectivity index (χ0n) is 22.4. The van der Waals surface area contributed by atoms with Gasteiger partial charge in [0.1, 0.15) is 11.8 Å². The van der Waals surface area contributed by atoms with Gasteiger partial charge >= 0.3 is 4.87 Å². The van der Waals surface area contributed by atoms with Crippen LogP contribution >= 0.6 is 39.0 Å². The average Bonchev–Trinajstić information content (AvgIpc) is 3.39. The van der Waals surface area contributed by atoms with E-state index < -0.39 is 37.9 Å². The summed E-state index contributed by atoms with van der Waals surface area (Å²) in [5, 5.41) is 7.46. The number of carbonyl (C=O) groups excluding carboxylic acids is 3. The monoisotopic (exact) mass is 698 g/mol. The number of fused-ring (bicyclic) bond motifs is 2. The lowest BCUT2D eigenvalue weighted by Crippen LogP contribution is -2.33. The predicted octanol–water partition coefficient (Wildman–Crippen LogP) is 4.06. The number of thiazole rings is 1. The second kappa shape index (κ2) is 11.2. The summed E-state index contributed by atoms with van der Waals surface area (Å²) in [5.74, 6) is -2.58. The summed E-state index contributed by atoms with van der Waals surface area (Å²) in [4.78, 5) is 55.5. The van der Waals surface area contributed by atoms with Crippen molar-refractivity contribution in [3.8, 4) is 0 Å². The number of amides is 3. The van der Waals surface area contributed by atoms with Crippen molar-refractivity contribution in [2.45, 2.75) is 34.6 Å². The van der Waals surface area contributed by atoms with Crippen LogP contribution in [0.5, 0.6) is 0 Å². The van der Waals surface area contributed by atoms with Gasteiger partial charge in [-0.3, -0.25) is 23.7 Å². The molecule has 0 spiro atoms. The van der Waals surface area contributed by atoms with Crippen LogP contribution in [0.4, 0.5) is 11.4 Å². The van der Waals surface area contributed by atoms with Gasteiger partial charge < -0.3 is 5.32 Å². The molecule has 43 heavy (non-hydrogen) atoms. The number of imide groups is 1. The zero-order chi connectivity index (χ0) is 30.6. The SMILES string of the molecule is Cc1ccc(N2C(=O)[C@H]3[C@H](c4cccc(Br)c4)c4sc(=O)n(CC(=O)Nc5ccc(S(N)(=O)=O)cc5)c4S[C@H]3C2=O)cc1. The van der Waals surface area contributed by atoms with Gasteiger partial charge in [-0.25, -0.2) is 18.5 Å². The first kappa shape index (κ1) is 29.5. The van der Waals surface area contributed by atoms with Crippen molar-refractivity contribution < 1.29 is 22.8 Å². The molecule has 10 nitrogen and oxygen atoms in total. The van der Waals surface area contributed by atoms with E-state index in [1.54, 1.807) is 12.1 Å². The number of nitrogens with zero attached hydrogens (tertiary/aromatic N) is 2. The smallest absolute Gasteiger partial charge is 0.308 e. The maximum atomic E-state index is 14.0. The molecule has 3 atom stereocenters. The predicted molar refractivity (Wildman–Crippen MR) is 168 cm³/mol. The molecule has 2 aliphatic heterocycles. The van der Waals surface area contributed by atoms with E-state index in [2.05, 4.69) is 21.2 Å². The van der Waals surface area contributed by atoms with Crippen LogP contribution in [0.3, 0.4) is 0 Å². The highest BCUT2D eigenvalue weighted by atomic mass is 79.9. The number of nitrogens with one attached hydrogen (secondary N) is 1. The molecule has 3 aromatic carbocycles. The first-order valence-electron chi connectivity index (χ1n) is 12.9. The van der Waals surface area contributed by atoms with Crippen molar-refractivity contribution in [1.82, 2.24) is 4.57 Å². The number of aryl methyl sites for hydroxylation is 1. The molecule has 3 amide bonds. The number of halogens is 1. The van der Waals surface area contributed by atoms with E-state index in [9.17, 15) is 27.6 Å². The number of carbonyl (C=O) groups is 3. The molecule has 3 heterocycles. The van der Waals surface area contributed by atoms with Gasteiger partial charge in [-0.05, 0) is 61.0 Å². The Morgan fingerprint density at radius 3 is 2.35 bits per heavy atom. The molecule has 1 saturated heterocycles. The van der Waals surface area contributed by atoms with Crippen LogP contribution in [0.15, 0.2) is 92.0 Å². The van der Waals surface area contributed by atoms with Gasteiger partial charge in [-0.15, -0.1) is 0 Å². The van der Waals surface area contributed by atoms with Crippen LogP contribution in [0, 0.1) is 12.8 Å². The van der Waals surface area contributed by atoms with Gasteiger partial charge in [0.05, 0.1) is 21.5 Å². The molecule has 220 valence electrons. The van der Waals surface area contributed by atoms with E-state index in [-0.39, 0.29) is 23.3 Å². The Kier molecular flexibility index (Phi) is 7.67. The Bertz CT molecular complexity index is 1960. The summed E-state index contributed by atoms with van der Waals surface area (Å²) in [6.07, 6.45) is 0. The number of aromatic nitrogens is 1. The van der Waals surface area contributed by atoms with Crippen molar-refractivity contribution in [1.29, 1.82) is 0 Å². The topological polar surface area (TPSA) is 149 Å². The zero-order valence-corrected chi connectivity index (χ0v) is 26.4. The van der Waals surface area contributed by atoms with E-state index >= 15 is 0 Å². The minimum absolute atomic E-state index is 0.103. The average molecular weight is 700 g/mol. The lowest BCUT2D eigenvalue weighted by atomic mass is 9.83. The third-order valence-electron chi connectivity index (χ3n) is 7.32. The number of benzene rings is 3. The fraction of sp³-hybridized carbons (Fsp3) is 0.172. The molecule has 0 radical (unpaired) electrons. The summed E-state index contributed by atoms with van der Waals surface area (Å²) < 4.78 is 25.2. The first-order chi connectivity index (χ1) is 20.4. The number of sulfonamides is 1. The Labute approximate surface area is 263 Å². The second-order valence-electron chi connectivity index (χ2n) is 10.2. The van der Waals surface area contributed by atoms with E-state index in [0.717, 1.165) is 38.7 Å². The lowest BCUT2D eigenvalue weighted by Gasteiger charge is -2.30. The van der Waals surface area contributed by atoms with E-state index in [4.69, 9.17) is 5.14 Å². The van der Waals surface area contributed by atoms with E-state index in [0.29, 0.717) is 21.3 Å². The van der Waals surface area contributed by atoms with Crippen molar-refractivity contribution >= 4 is 78.1 Å². The van der Waals surface area contributed by atoms with Crippen LogP contribution in [-0.2, 0) is 31.0 Å². The molecule has 3 N–H and O–H groups in total. The summed E-state index contributed by atoms with van der Waals surface area (Å²) in [6.45, 7) is 1.57. The highest BCUT2D eigenvalue weighted by molar-refractivity contribution is 9.10. The number of rotatable bonds is 6. The number of thioether (sulfide) groups is 1. The quantitative estimate of drug-likeness (QED) is 0.289. The maximum absolute atomic E-state index is 14.0. The van der Waals surface area contributed by atoms with Crippen LogP contribution in [-0.4, -0.2) is 36.0 Å². The minimum Gasteiger partial charge on any atom is -0.325 e. The fourth-order valence-electron chi connectivity index (χ4n) is 5.33. The summed E-state index contributed by atoms with van der Waals surface area (Å²) in [5.41, 5.74) is 2.56. The van der Waals surface area contributed by atoms with Gasteiger partial charge in [-0.2, -0.15) is 0 Å². The number of anilines is 2. The van der Waals surface area contributed by atoms with Gasteiger partial charge in [0, 0.05) is 21.0 Å². The van der Waals surface area contributed by atoms with Crippen molar-refractivity contribution in [2.75, 3.05) is 10.2 Å². The van der Waals surface area contributed by atoms with Crippen LogP contribution < -0.4 is 20.2 Å². The summed E-state index contributed by atoms with van der Waals surface area (Å²) >= 11 is 5.59. The molecular weight excluding hydrogens is 676 g/mol. The van der Waals surface area contributed by atoms with Gasteiger partial charge in [0.15, 0.2) is 0 Å². The van der Waals surface area contributed by atoms with Crippen LogP contribution in [0.1, 0.15) is 21.9 Å². The Balaban J connectivity index is 1.37. The third kappa shape index (κ3) is 5.49. The molecular formula is C29H23BrN4O6S3. The second-order valence-corrected chi connectivity index (χ2v) is 14.8. The van der Waals surface area contributed by atoms with Crippen LogP contribution in [0.2, 0.25) is 0 Å². The first-order valence-corrected chi connectivity index (χ1v) is 17.0. The van der Waals surface area contributed by atoms with Gasteiger partial charge in [0.25, 0.3) is 0 Å². The summed E-state index contributed by atoms with van der Waals surface area (Å²) in [7, 11) is -3.89. The van der Waals surface area contributed by atoms with Crippen LogP contribution in [0.25, 0.3) is 0 Å². The largest absolute Gasteiger partial charge is 0.325 e. The maximum Gasteiger partial charge on any atom is 0.308 e. The highest BCUT2D eigenvalue weighted by Gasteiger charge is 2.56. The molecule has 14 heteroatoms. The summed E-state index contributed by atoms with van der Waals surface area (Å²) in [6, 6.07) is 19.9. The van der Waals surface area contributed by atoms with Crippen molar-refractivity contribution in [3.63, 3.8) is 0 Å². The van der Waals surface area contributed by atoms with Crippen molar-refractivity contribution in [3.05, 3.63) is 103 Å². The molecule has 0 bridgehead atoms.